The van der Waals surface area contributed by atoms with E-state index in [0.29, 0.717) is 52.8 Å². The second-order valence-electron chi connectivity index (χ2n) is 13.6. The predicted octanol–water partition coefficient (Wildman–Crippen LogP) is 6.46. The first kappa shape index (κ1) is 39.7. The Labute approximate surface area is 359 Å². The summed E-state index contributed by atoms with van der Waals surface area (Å²) in [6.07, 6.45) is 4.23. The number of ether oxygens (including phenoxy) is 2. The predicted molar refractivity (Wildman–Crippen MR) is 221 cm³/mol. The van der Waals surface area contributed by atoms with Gasteiger partial charge in [0.15, 0.2) is 34.0 Å². The van der Waals surface area contributed by atoms with Gasteiger partial charge in [-0.05, 0) is 48.2 Å². The fourth-order valence-corrected chi connectivity index (χ4v) is 6.99. The van der Waals surface area contributed by atoms with E-state index in [9.17, 15) is 9.59 Å². The van der Waals surface area contributed by atoms with Crippen molar-refractivity contribution in [1.29, 1.82) is 0 Å². The van der Waals surface area contributed by atoms with Crippen molar-refractivity contribution < 1.29 is 21.3 Å². The summed E-state index contributed by atoms with van der Waals surface area (Å²) in [5.74, 6) is 2.37. The number of aromatic nitrogens is 12. The molecule has 4 atom stereocenters. The van der Waals surface area contributed by atoms with E-state index < -0.39 is 0 Å². The van der Waals surface area contributed by atoms with Crippen molar-refractivity contribution in [3.05, 3.63) is 139 Å². The Balaban J connectivity index is 0.000000154. The minimum Gasteiger partial charge on any atom is -0.373 e. The molecule has 6 aromatic heterocycles. The van der Waals surface area contributed by atoms with Gasteiger partial charge in [-0.1, -0.05) is 65.2 Å². The molecule has 21 heteroatoms. The van der Waals surface area contributed by atoms with E-state index in [1.165, 1.54) is 26.4 Å². The maximum Gasteiger partial charge on any atom is 0.280 e. The minimum absolute atomic E-state index is 0. The van der Waals surface area contributed by atoms with Crippen LogP contribution in [0.2, 0.25) is 10.0 Å². The zero-order chi connectivity index (χ0) is 42.8. The monoisotopic (exact) mass is 878 g/mol. The second kappa shape index (κ2) is 18.6. The Bertz CT molecular complexity index is 2920. The first-order valence-corrected chi connectivity index (χ1v) is 19.4. The molecule has 8 aromatic rings. The molecule has 0 aliphatic carbocycles. The van der Waals surface area contributed by atoms with Crippen LogP contribution >= 0.6 is 34.8 Å². The van der Waals surface area contributed by atoms with Crippen LogP contribution in [0.4, 0.5) is 0 Å². The van der Waals surface area contributed by atoms with Gasteiger partial charge in [-0.3, -0.25) is 14.2 Å². The highest BCUT2D eigenvalue weighted by atomic mass is 35.5. The van der Waals surface area contributed by atoms with E-state index >= 15 is 0 Å². The molecule has 8 heterocycles. The van der Waals surface area contributed by atoms with Gasteiger partial charge in [0.05, 0.1) is 44.4 Å². The van der Waals surface area contributed by atoms with Crippen molar-refractivity contribution in [1.82, 2.24) is 58.9 Å². The van der Waals surface area contributed by atoms with Gasteiger partial charge in [0.1, 0.15) is 21.5 Å². The molecular formula is C39H39Cl3N12O6. The van der Waals surface area contributed by atoms with Crippen molar-refractivity contribution in [3.63, 3.8) is 0 Å². The third-order valence-corrected chi connectivity index (χ3v) is 10.4. The molecule has 10 rings (SSSR count). The molecule has 0 radical (unpaired) electrons. The van der Waals surface area contributed by atoms with E-state index in [2.05, 4.69) is 45.2 Å². The number of hydrogen-bond acceptors (Lipinski definition) is 14. The molecule has 0 amide bonds. The number of benzene rings is 2. The number of imidazole rings is 2. The summed E-state index contributed by atoms with van der Waals surface area (Å²) in [6, 6.07) is 15.3. The summed E-state index contributed by atoms with van der Waals surface area (Å²) < 4.78 is 41.2. The molecular weight excluding hydrogens is 839 g/mol. The molecule has 2 aliphatic rings. The normalized spacial score (nSPS) is 18.9. The first-order chi connectivity index (χ1) is 29.4. The number of halogens is 3. The lowest BCUT2D eigenvalue weighted by atomic mass is 10.0. The second-order valence-corrected chi connectivity index (χ2v) is 14.8. The summed E-state index contributed by atoms with van der Waals surface area (Å²) in [4.78, 5) is 50.7. The van der Waals surface area contributed by atoms with Gasteiger partial charge in [-0.15, -0.1) is 11.6 Å². The number of alkyl halides is 1. The highest BCUT2D eigenvalue weighted by molar-refractivity contribution is 6.30. The number of nitrogens with one attached hydrogen (secondary N) is 1. The minimum atomic E-state index is -0.319. The fourth-order valence-electron chi connectivity index (χ4n) is 6.63. The summed E-state index contributed by atoms with van der Waals surface area (Å²) in [6.45, 7) is 1.16. The number of nitrogens with zero attached hydrogens (tertiary/aromatic N) is 11. The quantitative estimate of drug-likeness (QED) is 0.170. The standard InChI is InChI=1S/C19H17ClN6O3.C13H12Cl2N2O2.C6H6N4O.CH4/c1-25-9-21-18-16(25)19(27)26(10-22-18)7-15-23-17(24-29-15)12-6-14(28-8-12)11-2-4-13(20)5-3-11;14-6-12-16-13(17-19-12)9-5-11(18-7-9)8-1-3-10(15)4-2-8;1-10-3-9-5-4(10)6(11)8-2-7-5;/h2-5,9-10,12,14H,6-8H2,1H3;1-4,9,11H,5-7H2;2-3H,1H3,(H,7,8,11);1H4/t12-,14+;9-,11+;;/m00../s1/i9D;;3D;. The molecule has 2 aromatic carbocycles. The lowest BCUT2D eigenvalue weighted by molar-refractivity contribution is 0.110. The topological polar surface area (TPSA) is 213 Å². The van der Waals surface area contributed by atoms with Crippen molar-refractivity contribution in [2.45, 2.75) is 56.7 Å². The SMILES string of the molecule is C.ClCc1nc([C@@H]2CO[C@@H](c3ccc(Cl)cc3)C2)no1.[2H]c1nc2nc[nH]c(=O)c2n1C.[2H]c1nc2ncn(Cc3nc([C@@H]4CO[C@@H](c5ccc(Cl)cc5)C4)no3)c(=O)c2n1C. The van der Waals surface area contributed by atoms with E-state index in [0.717, 1.165) is 29.0 Å². The molecule has 18 nitrogen and oxygen atoms in total. The van der Waals surface area contributed by atoms with Crippen LogP contribution in [0.3, 0.4) is 0 Å². The Hall–Kier alpha value is -5.79. The first-order valence-electron chi connectivity index (χ1n) is 19.2. The zero-order valence-corrected chi connectivity index (χ0v) is 33.6. The molecule has 312 valence electrons. The smallest absolute Gasteiger partial charge is 0.280 e. The molecule has 0 bridgehead atoms. The van der Waals surface area contributed by atoms with Crippen molar-refractivity contribution >= 4 is 57.1 Å². The number of aryl methyl sites for hydroxylation is 2. The van der Waals surface area contributed by atoms with Gasteiger partial charge in [0.25, 0.3) is 11.1 Å². The van der Waals surface area contributed by atoms with Gasteiger partial charge < -0.3 is 32.6 Å². The number of aromatic amines is 1. The largest absolute Gasteiger partial charge is 0.373 e. The maximum atomic E-state index is 12.7. The summed E-state index contributed by atoms with van der Waals surface area (Å²) in [5.41, 5.74) is 2.74. The van der Waals surface area contributed by atoms with Crippen molar-refractivity contribution in [2.75, 3.05) is 13.2 Å². The highest BCUT2D eigenvalue weighted by Gasteiger charge is 2.32. The molecule has 0 saturated carbocycles. The average Bonchev–Trinajstić information content (AvgIpc) is 4.12. The van der Waals surface area contributed by atoms with Gasteiger partial charge in [-0.2, -0.15) is 9.97 Å². The van der Waals surface area contributed by atoms with Gasteiger partial charge in [0.2, 0.25) is 11.8 Å². The van der Waals surface area contributed by atoms with Gasteiger partial charge in [0, 0.05) is 36.0 Å². The Morgan fingerprint density at radius 2 is 1.27 bits per heavy atom. The average molecular weight is 880 g/mol. The number of fused-ring (bicyclic) bond motifs is 2. The van der Waals surface area contributed by atoms with Crippen LogP contribution in [0, 0.1) is 0 Å². The lowest BCUT2D eigenvalue weighted by Crippen LogP contribution is -2.22. The van der Waals surface area contributed by atoms with Crippen LogP contribution in [-0.4, -0.2) is 72.1 Å². The van der Waals surface area contributed by atoms with E-state index in [1.54, 1.807) is 14.1 Å². The number of H-pyrrole nitrogens is 1. The summed E-state index contributed by atoms with van der Waals surface area (Å²) in [5, 5.41) is 9.43. The van der Waals surface area contributed by atoms with Crippen LogP contribution in [0.1, 0.15) is 81.6 Å². The van der Waals surface area contributed by atoms with Gasteiger partial charge in [-0.25, -0.2) is 19.9 Å². The summed E-state index contributed by atoms with van der Waals surface area (Å²) >= 11 is 17.5. The van der Waals surface area contributed by atoms with Crippen LogP contribution in [0.5, 0.6) is 0 Å². The molecule has 60 heavy (non-hydrogen) atoms. The van der Waals surface area contributed by atoms with E-state index in [-0.39, 0.29) is 78.8 Å². The Kier molecular flexibility index (Phi) is 12.3. The molecule has 2 saturated heterocycles. The van der Waals surface area contributed by atoms with Crippen molar-refractivity contribution in [3.8, 4) is 0 Å². The van der Waals surface area contributed by atoms with Crippen LogP contribution in [0.25, 0.3) is 22.3 Å². The Morgan fingerprint density at radius 1 is 0.750 bits per heavy atom. The lowest BCUT2D eigenvalue weighted by Gasteiger charge is -2.09. The number of rotatable bonds is 7. The third kappa shape index (κ3) is 9.32. The third-order valence-electron chi connectivity index (χ3n) is 9.68. The molecule has 1 N–H and O–H groups in total. The highest BCUT2D eigenvalue weighted by Crippen LogP contribution is 2.38. The summed E-state index contributed by atoms with van der Waals surface area (Å²) in [7, 11) is 3.21. The maximum absolute atomic E-state index is 12.7. The van der Waals surface area contributed by atoms with E-state index in [4.69, 9.17) is 56.1 Å². The molecule has 2 aliphatic heterocycles. The number of hydrogen-bond donors (Lipinski definition) is 1. The Morgan fingerprint density at radius 3 is 1.80 bits per heavy atom. The molecule has 0 unspecified atom stereocenters. The van der Waals surface area contributed by atoms with E-state index in [1.807, 2.05) is 48.5 Å². The van der Waals surface area contributed by atoms with Crippen LogP contribution < -0.4 is 11.1 Å². The molecule has 0 spiro atoms. The van der Waals surface area contributed by atoms with Crippen LogP contribution in [-0.2, 0) is 36.0 Å². The zero-order valence-electron chi connectivity index (χ0n) is 33.3. The fraction of sp³-hybridized carbons (Fsp3) is 0.333. The molecule has 2 fully saturated rings. The van der Waals surface area contributed by atoms with Gasteiger partial charge >= 0.3 is 0 Å². The van der Waals surface area contributed by atoms with Crippen molar-refractivity contribution in [2.24, 2.45) is 14.1 Å². The van der Waals surface area contributed by atoms with Crippen LogP contribution in [0.15, 0.2) is 92.4 Å².